The Bertz CT molecular complexity index is 880. The number of amides is 1. The van der Waals surface area contributed by atoms with Crippen LogP contribution in [0.25, 0.3) is 11.0 Å². The highest BCUT2D eigenvalue weighted by Crippen LogP contribution is 2.28. The molecule has 3 rings (SSSR count). The molecule has 0 saturated carbocycles. The van der Waals surface area contributed by atoms with Crippen molar-refractivity contribution in [2.45, 2.75) is 52.5 Å². The van der Waals surface area contributed by atoms with Crippen molar-refractivity contribution in [2.75, 3.05) is 5.32 Å². The Morgan fingerprint density at radius 2 is 2.00 bits per heavy atom. The lowest BCUT2D eigenvalue weighted by Gasteiger charge is -2.06. The van der Waals surface area contributed by atoms with Gasteiger partial charge >= 0.3 is 0 Å². The Kier molecular flexibility index (Phi) is 5.08. The highest BCUT2D eigenvalue weighted by molar-refractivity contribution is 7.15. The van der Waals surface area contributed by atoms with Crippen LogP contribution in [0, 0.1) is 0 Å². The Morgan fingerprint density at radius 3 is 2.68 bits per heavy atom. The molecular formula is C17H22N6OS. The normalized spacial score (nSPS) is 11.6. The predicted molar refractivity (Wildman–Crippen MR) is 99.1 cm³/mol. The Labute approximate surface area is 150 Å². The van der Waals surface area contributed by atoms with Crippen LogP contribution in [0.2, 0.25) is 0 Å². The van der Waals surface area contributed by atoms with Crippen molar-refractivity contribution in [3.63, 3.8) is 0 Å². The molecule has 0 fully saturated rings. The third-order valence-electron chi connectivity index (χ3n) is 4.18. The van der Waals surface area contributed by atoms with Crippen LogP contribution < -0.4 is 5.32 Å². The Balaban J connectivity index is 1.78. The molecule has 1 N–H and O–H groups in total. The van der Waals surface area contributed by atoms with E-state index in [-0.39, 0.29) is 11.9 Å². The van der Waals surface area contributed by atoms with E-state index in [2.05, 4.69) is 39.4 Å². The van der Waals surface area contributed by atoms with Gasteiger partial charge in [0.1, 0.15) is 5.01 Å². The fourth-order valence-corrected chi connectivity index (χ4v) is 3.70. The minimum Gasteiger partial charge on any atom is -0.296 e. The molecule has 7 nitrogen and oxygen atoms in total. The fraction of sp³-hybridized carbons (Fsp3) is 0.471. The number of nitrogens with one attached hydrogen (secondary N) is 1. The zero-order valence-corrected chi connectivity index (χ0v) is 15.7. The van der Waals surface area contributed by atoms with Gasteiger partial charge in [0.05, 0.1) is 11.8 Å². The van der Waals surface area contributed by atoms with Gasteiger partial charge in [0.25, 0.3) is 5.91 Å². The zero-order valence-electron chi connectivity index (χ0n) is 14.9. The number of anilines is 1. The summed E-state index contributed by atoms with van der Waals surface area (Å²) in [5.41, 5.74) is 1.26. The quantitative estimate of drug-likeness (QED) is 0.719. The van der Waals surface area contributed by atoms with Gasteiger partial charge in [-0.2, -0.15) is 5.10 Å². The highest BCUT2D eigenvalue weighted by Gasteiger charge is 2.16. The summed E-state index contributed by atoms with van der Waals surface area (Å²) in [5.74, 6) is 0.155. The van der Waals surface area contributed by atoms with Gasteiger partial charge in [-0.3, -0.25) is 10.1 Å². The SMILES string of the molecule is CCC(CC)c1nnc(NC(=O)c2cnc3c(cnn3C(C)C)c2)s1. The van der Waals surface area contributed by atoms with Gasteiger partial charge in [-0.1, -0.05) is 25.2 Å². The van der Waals surface area contributed by atoms with Crippen molar-refractivity contribution in [2.24, 2.45) is 0 Å². The molecule has 0 aliphatic rings. The molecule has 0 saturated heterocycles. The van der Waals surface area contributed by atoms with E-state index in [0.717, 1.165) is 28.9 Å². The molecule has 3 heterocycles. The van der Waals surface area contributed by atoms with Crippen LogP contribution in [0.5, 0.6) is 0 Å². The first-order valence-electron chi connectivity index (χ1n) is 8.51. The molecule has 0 radical (unpaired) electrons. The average molecular weight is 358 g/mol. The molecule has 25 heavy (non-hydrogen) atoms. The van der Waals surface area contributed by atoms with Crippen molar-refractivity contribution in [1.29, 1.82) is 0 Å². The van der Waals surface area contributed by atoms with E-state index in [1.807, 2.05) is 18.5 Å². The van der Waals surface area contributed by atoms with Gasteiger partial charge in [-0.15, -0.1) is 10.2 Å². The highest BCUT2D eigenvalue weighted by atomic mass is 32.1. The van der Waals surface area contributed by atoms with Crippen LogP contribution >= 0.6 is 11.3 Å². The van der Waals surface area contributed by atoms with Crippen molar-refractivity contribution in [3.05, 3.63) is 29.0 Å². The van der Waals surface area contributed by atoms with E-state index in [4.69, 9.17) is 0 Å². The van der Waals surface area contributed by atoms with Crippen molar-refractivity contribution in [1.82, 2.24) is 25.0 Å². The number of hydrogen-bond acceptors (Lipinski definition) is 6. The van der Waals surface area contributed by atoms with E-state index in [1.54, 1.807) is 18.5 Å². The summed E-state index contributed by atoms with van der Waals surface area (Å²) in [7, 11) is 0. The van der Waals surface area contributed by atoms with Gasteiger partial charge in [-0.25, -0.2) is 9.67 Å². The van der Waals surface area contributed by atoms with E-state index in [0.29, 0.717) is 16.6 Å². The second kappa shape index (κ2) is 7.26. The first kappa shape index (κ1) is 17.5. The molecule has 0 aromatic carbocycles. The lowest BCUT2D eigenvalue weighted by Crippen LogP contribution is -2.12. The van der Waals surface area contributed by atoms with Crippen molar-refractivity contribution < 1.29 is 4.79 Å². The Morgan fingerprint density at radius 1 is 1.24 bits per heavy atom. The zero-order chi connectivity index (χ0) is 18.0. The number of hydrogen-bond donors (Lipinski definition) is 1. The van der Waals surface area contributed by atoms with Crippen molar-refractivity contribution in [3.8, 4) is 0 Å². The molecule has 0 bridgehead atoms. The minimum atomic E-state index is -0.237. The average Bonchev–Trinajstić information content (AvgIpc) is 3.22. The van der Waals surface area contributed by atoms with Crippen LogP contribution in [-0.2, 0) is 0 Å². The summed E-state index contributed by atoms with van der Waals surface area (Å²) in [5, 5.41) is 17.8. The van der Waals surface area contributed by atoms with E-state index >= 15 is 0 Å². The molecule has 0 atom stereocenters. The second-order valence-electron chi connectivity index (χ2n) is 6.23. The standard InChI is InChI=1S/C17H22N6OS/c1-5-11(6-2)16-21-22-17(25-16)20-15(24)13-7-12-9-19-23(10(3)4)14(12)18-8-13/h7-11H,5-6H2,1-4H3,(H,20,22,24). The number of carbonyl (C=O) groups is 1. The fourth-order valence-electron chi connectivity index (χ4n) is 2.70. The molecule has 8 heteroatoms. The summed E-state index contributed by atoms with van der Waals surface area (Å²) in [4.78, 5) is 16.9. The summed E-state index contributed by atoms with van der Waals surface area (Å²) < 4.78 is 1.84. The largest absolute Gasteiger partial charge is 0.296 e. The van der Waals surface area contributed by atoms with Crippen molar-refractivity contribution >= 4 is 33.4 Å². The molecule has 0 unspecified atom stereocenters. The Hall–Kier alpha value is -2.35. The van der Waals surface area contributed by atoms with Gasteiger partial charge in [-0.05, 0) is 32.8 Å². The van der Waals surface area contributed by atoms with Crippen LogP contribution in [0.3, 0.4) is 0 Å². The number of nitrogens with zero attached hydrogens (tertiary/aromatic N) is 5. The van der Waals surface area contributed by atoms with Crippen LogP contribution in [-0.4, -0.2) is 30.9 Å². The molecular weight excluding hydrogens is 336 g/mol. The number of aromatic nitrogens is 5. The van der Waals surface area contributed by atoms with Gasteiger partial charge in [0.15, 0.2) is 5.65 Å². The van der Waals surface area contributed by atoms with Crippen LogP contribution in [0.4, 0.5) is 5.13 Å². The molecule has 0 aliphatic carbocycles. The number of fused-ring (bicyclic) bond motifs is 1. The first-order valence-corrected chi connectivity index (χ1v) is 9.33. The van der Waals surface area contributed by atoms with Gasteiger partial charge in [0.2, 0.25) is 5.13 Å². The molecule has 0 spiro atoms. The molecule has 1 amide bonds. The van der Waals surface area contributed by atoms with E-state index < -0.39 is 0 Å². The summed E-state index contributed by atoms with van der Waals surface area (Å²) in [6.45, 7) is 8.35. The summed E-state index contributed by atoms with van der Waals surface area (Å²) in [6, 6.07) is 2.02. The lowest BCUT2D eigenvalue weighted by molar-refractivity contribution is 0.102. The molecule has 132 valence electrons. The van der Waals surface area contributed by atoms with E-state index in [9.17, 15) is 4.79 Å². The smallest absolute Gasteiger partial charge is 0.259 e. The number of pyridine rings is 1. The predicted octanol–water partition coefficient (Wildman–Crippen LogP) is 4.02. The minimum absolute atomic E-state index is 0.217. The molecule has 3 aromatic heterocycles. The maximum atomic E-state index is 12.5. The molecule has 3 aromatic rings. The van der Waals surface area contributed by atoms with Gasteiger partial charge < -0.3 is 0 Å². The first-order chi connectivity index (χ1) is 12.0. The summed E-state index contributed by atoms with van der Waals surface area (Å²) >= 11 is 1.43. The maximum Gasteiger partial charge on any atom is 0.259 e. The van der Waals surface area contributed by atoms with E-state index in [1.165, 1.54) is 11.3 Å². The topological polar surface area (TPSA) is 85.6 Å². The third kappa shape index (κ3) is 3.53. The maximum absolute atomic E-state index is 12.5. The summed E-state index contributed by atoms with van der Waals surface area (Å²) in [6.07, 6.45) is 5.33. The second-order valence-corrected chi connectivity index (χ2v) is 7.24. The third-order valence-corrected chi connectivity index (χ3v) is 5.18. The monoisotopic (exact) mass is 358 g/mol. The van der Waals surface area contributed by atoms with Crippen LogP contribution in [0.1, 0.15) is 67.9 Å². The van der Waals surface area contributed by atoms with Crippen LogP contribution in [0.15, 0.2) is 18.5 Å². The lowest BCUT2D eigenvalue weighted by atomic mass is 10.1. The molecule has 0 aliphatic heterocycles. The van der Waals surface area contributed by atoms with Gasteiger partial charge in [0, 0.05) is 23.5 Å². The number of carbonyl (C=O) groups excluding carboxylic acids is 1. The number of rotatable bonds is 6.